The van der Waals surface area contributed by atoms with Gasteiger partial charge < -0.3 is 9.30 Å². The van der Waals surface area contributed by atoms with E-state index in [1.54, 1.807) is 17.0 Å². The number of fused-ring (bicyclic) bond motifs is 1. The topological polar surface area (TPSA) is 44.1 Å². The summed E-state index contributed by atoms with van der Waals surface area (Å²) in [6, 6.07) is 5.98. The van der Waals surface area contributed by atoms with Crippen molar-refractivity contribution >= 4 is 32.9 Å². The summed E-state index contributed by atoms with van der Waals surface area (Å²) >= 11 is 2.88. The Balaban J connectivity index is 1.58. The minimum Gasteiger partial charge on any atom is -0.442 e. The molecule has 0 bridgehead atoms. The molecule has 1 heterocycles. The van der Waals surface area contributed by atoms with Crippen molar-refractivity contribution in [3.05, 3.63) is 65.2 Å². The fraction of sp³-hybridized carbons (Fsp3) is 0.300. The Morgan fingerprint density at radius 2 is 1.93 bits per heavy atom. The van der Waals surface area contributed by atoms with E-state index in [0.29, 0.717) is 23.6 Å². The monoisotopic (exact) mass is 470 g/mol. The summed E-state index contributed by atoms with van der Waals surface area (Å²) in [7, 11) is 0. The lowest BCUT2D eigenvalue weighted by atomic mass is 10.1. The lowest BCUT2D eigenvalue weighted by Gasteiger charge is -2.15. The first-order chi connectivity index (χ1) is 13.8. The number of ether oxygens (including phenoxy) is 1. The smallest absolute Gasteiger partial charge is 0.339 e. The second-order valence-corrected chi connectivity index (χ2v) is 8.02. The first-order valence-corrected chi connectivity index (χ1v) is 9.74. The van der Waals surface area contributed by atoms with Crippen LogP contribution in [0.2, 0.25) is 0 Å². The predicted octanol–water partition coefficient (Wildman–Crippen LogP) is 5.45. The van der Waals surface area contributed by atoms with Crippen molar-refractivity contribution in [3.8, 4) is 0 Å². The van der Waals surface area contributed by atoms with Crippen molar-refractivity contribution in [1.82, 2.24) is 9.55 Å². The molecule has 1 fully saturated rings. The summed E-state index contributed by atoms with van der Waals surface area (Å²) in [6.07, 6.45) is 3.17. The molecule has 4 nitrogen and oxygen atoms in total. The number of hydrogen-bond donors (Lipinski definition) is 0. The van der Waals surface area contributed by atoms with E-state index in [1.165, 1.54) is 12.1 Å². The van der Waals surface area contributed by atoms with E-state index in [2.05, 4.69) is 20.9 Å². The van der Waals surface area contributed by atoms with E-state index in [9.17, 15) is 22.4 Å². The molecule has 9 heteroatoms. The molecule has 1 aliphatic carbocycles. The maximum absolute atomic E-state index is 13.9. The van der Waals surface area contributed by atoms with Crippen LogP contribution in [0.4, 0.5) is 17.6 Å². The molecular formula is C20H15BrF4N2O2. The molecule has 0 saturated heterocycles. The van der Waals surface area contributed by atoms with Crippen LogP contribution in [0.5, 0.6) is 0 Å². The third-order valence-electron chi connectivity index (χ3n) is 5.12. The maximum Gasteiger partial charge on any atom is 0.339 e. The van der Waals surface area contributed by atoms with E-state index >= 15 is 0 Å². The highest BCUT2D eigenvalue weighted by atomic mass is 79.9. The number of rotatable bonds is 6. The molecule has 3 aromatic rings. The normalized spacial score (nSPS) is 16.0. The maximum atomic E-state index is 13.9. The van der Waals surface area contributed by atoms with E-state index in [1.807, 2.05) is 0 Å². The van der Waals surface area contributed by atoms with Crippen molar-refractivity contribution in [2.75, 3.05) is 6.67 Å². The second kappa shape index (κ2) is 7.44. The minimum absolute atomic E-state index is 0.117. The zero-order valence-corrected chi connectivity index (χ0v) is 16.6. The van der Waals surface area contributed by atoms with Gasteiger partial charge in [0.25, 0.3) is 0 Å². The van der Waals surface area contributed by atoms with Gasteiger partial charge in [0.15, 0.2) is 16.6 Å². The summed E-state index contributed by atoms with van der Waals surface area (Å²) in [6.45, 7) is 0.0176. The van der Waals surface area contributed by atoms with Gasteiger partial charge in [0.05, 0.1) is 35.2 Å². The van der Waals surface area contributed by atoms with Crippen molar-refractivity contribution in [2.24, 2.45) is 5.41 Å². The molecule has 0 amide bonds. The van der Waals surface area contributed by atoms with E-state index in [4.69, 9.17) is 4.74 Å². The van der Waals surface area contributed by atoms with Gasteiger partial charge in [-0.25, -0.2) is 22.9 Å². The Hall–Kier alpha value is -2.42. The minimum atomic E-state index is -1.52. The quantitative estimate of drug-likeness (QED) is 0.208. The molecule has 0 aliphatic heterocycles. The van der Waals surface area contributed by atoms with Gasteiger partial charge in [-0.3, -0.25) is 4.39 Å². The fourth-order valence-electron chi connectivity index (χ4n) is 3.15. The van der Waals surface area contributed by atoms with E-state index in [-0.39, 0.29) is 11.0 Å². The highest BCUT2D eigenvalue weighted by Gasteiger charge is 2.43. The molecule has 2 aromatic carbocycles. The SMILES string of the molecule is O=C(OC(Br)c1c(F)ccc(F)c1F)c1ccc2ncn(CC3(CF)CC3)c2c1. The summed E-state index contributed by atoms with van der Waals surface area (Å²) in [4.78, 5) is 16.7. The first-order valence-electron chi connectivity index (χ1n) is 8.83. The molecule has 4 rings (SSSR count). The molecule has 1 saturated carbocycles. The summed E-state index contributed by atoms with van der Waals surface area (Å²) in [5.41, 5.74) is 0.244. The van der Waals surface area contributed by atoms with Crippen LogP contribution >= 0.6 is 15.9 Å². The van der Waals surface area contributed by atoms with Crippen LogP contribution in [0.3, 0.4) is 0 Å². The van der Waals surface area contributed by atoms with Gasteiger partial charge in [-0.05, 0) is 59.1 Å². The second-order valence-electron chi connectivity index (χ2n) is 7.19. The number of nitrogens with zero attached hydrogens (tertiary/aromatic N) is 2. The lowest BCUT2D eigenvalue weighted by molar-refractivity contribution is 0.0458. The van der Waals surface area contributed by atoms with Gasteiger partial charge in [-0.2, -0.15) is 0 Å². The Kier molecular flexibility index (Phi) is 5.10. The molecule has 152 valence electrons. The standard InChI is InChI=1S/C20H15BrF4N2O2/c21-18(16-12(23)2-3-13(24)17(16)25)29-19(28)11-1-4-14-15(7-11)27(10-26-14)9-20(8-22)5-6-20/h1-4,7,10,18H,5-6,8-9H2. The van der Waals surface area contributed by atoms with E-state index < -0.39 is 40.7 Å². The molecule has 0 spiro atoms. The Labute approximate surface area is 171 Å². The van der Waals surface area contributed by atoms with Gasteiger partial charge >= 0.3 is 5.97 Å². The number of imidazole rings is 1. The van der Waals surface area contributed by atoms with Gasteiger partial charge in [-0.15, -0.1) is 0 Å². The molecule has 1 aromatic heterocycles. The number of carbonyl (C=O) groups excluding carboxylic acids is 1. The third kappa shape index (κ3) is 3.75. The van der Waals surface area contributed by atoms with Crippen LogP contribution in [0.25, 0.3) is 11.0 Å². The predicted molar refractivity (Wildman–Crippen MR) is 101 cm³/mol. The van der Waals surface area contributed by atoms with Gasteiger partial charge in [0.1, 0.15) is 5.82 Å². The zero-order valence-electron chi connectivity index (χ0n) is 15.0. The largest absolute Gasteiger partial charge is 0.442 e. The molecule has 29 heavy (non-hydrogen) atoms. The van der Waals surface area contributed by atoms with Crippen LogP contribution < -0.4 is 0 Å². The molecule has 0 radical (unpaired) electrons. The number of carbonyl (C=O) groups is 1. The van der Waals surface area contributed by atoms with Gasteiger partial charge in [-0.1, -0.05) is 0 Å². The Bertz CT molecular complexity index is 1100. The van der Waals surface area contributed by atoms with Crippen LogP contribution in [-0.4, -0.2) is 22.2 Å². The van der Waals surface area contributed by atoms with Crippen LogP contribution in [-0.2, 0) is 11.3 Å². The van der Waals surface area contributed by atoms with Crippen molar-refractivity contribution < 1.29 is 27.1 Å². The highest BCUT2D eigenvalue weighted by molar-refractivity contribution is 9.09. The van der Waals surface area contributed by atoms with Gasteiger partial charge in [0.2, 0.25) is 0 Å². The average Bonchev–Trinajstić information content (AvgIpc) is 3.37. The van der Waals surface area contributed by atoms with Crippen LogP contribution in [0.1, 0.15) is 33.8 Å². The van der Waals surface area contributed by atoms with Crippen LogP contribution in [0, 0.1) is 22.9 Å². The van der Waals surface area contributed by atoms with Crippen molar-refractivity contribution in [1.29, 1.82) is 0 Å². The summed E-state index contributed by atoms with van der Waals surface area (Å²) < 4.78 is 61.3. The van der Waals surface area contributed by atoms with Crippen LogP contribution in [0.15, 0.2) is 36.7 Å². The number of benzene rings is 2. The molecule has 0 N–H and O–H groups in total. The lowest BCUT2D eigenvalue weighted by Crippen LogP contribution is -2.13. The number of hydrogen-bond acceptors (Lipinski definition) is 3. The van der Waals surface area contributed by atoms with Crippen molar-refractivity contribution in [3.63, 3.8) is 0 Å². The molecule has 1 unspecified atom stereocenters. The Morgan fingerprint density at radius 3 is 2.62 bits per heavy atom. The fourth-order valence-corrected chi connectivity index (χ4v) is 3.74. The summed E-state index contributed by atoms with van der Waals surface area (Å²) in [5.74, 6) is -4.60. The number of halogens is 5. The number of aromatic nitrogens is 2. The molecular weight excluding hydrogens is 456 g/mol. The number of alkyl halides is 2. The molecule has 1 atom stereocenters. The first kappa shape index (κ1) is 19.9. The zero-order chi connectivity index (χ0) is 20.8. The molecule has 1 aliphatic rings. The number of esters is 1. The third-order valence-corrected chi connectivity index (χ3v) is 5.76. The highest BCUT2D eigenvalue weighted by Crippen LogP contribution is 2.47. The average molecular weight is 471 g/mol. The Morgan fingerprint density at radius 1 is 1.21 bits per heavy atom. The summed E-state index contributed by atoms with van der Waals surface area (Å²) in [5, 5.41) is -1.52. The van der Waals surface area contributed by atoms with Crippen molar-refractivity contribution in [2.45, 2.75) is 24.4 Å². The van der Waals surface area contributed by atoms with E-state index in [0.717, 1.165) is 18.9 Å². The van der Waals surface area contributed by atoms with Gasteiger partial charge in [0, 0.05) is 12.0 Å².